The second-order valence-electron chi connectivity index (χ2n) is 2.94. The van der Waals surface area contributed by atoms with Crippen LogP contribution in [0.3, 0.4) is 0 Å². The van der Waals surface area contributed by atoms with Crippen LogP contribution in [0, 0.1) is 10.1 Å². The van der Waals surface area contributed by atoms with Crippen LogP contribution < -0.4 is 10.1 Å². The van der Waals surface area contributed by atoms with Crippen LogP contribution in [0.4, 0.5) is 11.4 Å². The molecule has 6 nitrogen and oxygen atoms in total. The number of halogens is 1. The van der Waals surface area contributed by atoms with E-state index in [1.165, 1.54) is 20.1 Å². The van der Waals surface area contributed by atoms with Gasteiger partial charge in [0.1, 0.15) is 0 Å². The van der Waals surface area contributed by atoms with Crippen molar-refractivity contribution >= 4 is 28.9 Å². The molecular formula is C9H9ClN2O4. The number of anilines is 1. The molecule has 1 aromatic carbocycles. The molecule has 1 N–H and O–H groups in total. The summed E-state index contributed by atoms with van der Waals surface area (Å²) < 4.78 is 4.83. The highest BCUT2D eigenvalue weighted by molar-refractivity contribution is 6.34. The molecule has 0 atom stereocenters. The van der Waals surface area contributed by atoms with Crippen molar-refractivity contribution in [2.45, 2.75) is 6.92 Å². The minimum atomic E-state index is -0.609. The van der Waals surface area contributed by atoms with Gasteiger partial charge in [0.25, 0.3) is 0 Å². The third-order valence-electron chi connectivity index (χ3n) is 1.78. The van der Waals surface area contributed by atoms with Gasteiger partial charge in [0.05, 0.1) is 22.7 Å². The molecule has 0 radical (unpaired) electrons. The fraction of sp³-hybridized carbons (Fsp3) is 0.222. The fourth-order valence-corrected chi connectivity index (χ4v) is 1.34. The Morgan fingerprint density at radius 3 is 2.62 bits per heavy atom. The predicted molar refractivity (Wildman–Crippen MR) is 59.0 cm³/mol. The van der Waals surface area contributed by atoms with Crippen molar-refractivity contribution in [2.24, 2.45) is 0 Å². The number of hydrogen-bond acceptors (Lipinski definition) is 4. The molecular weight excluding hydrogens is 236 g/mol. The van der Waals surface area contributed by atoms with Gasteiger partial charge < -0.3 is 10.1 Å². The number of carbonyl (C=O) groups is 1. The third-order valence-corrected chi connectivity index (χ3v) is 2.09. The van der Waals surface area contributed by atoms with E-state index in [4.69, 9.17) is 16.3 Å². The summed E-state index contributed by atoms with van der Waals surface area (Å²) in [5.41, 5.74) is 0.0261. The number of nitrogens with zero attached hydrogens (tertiary/aromatic N) is 1. The van der Waals surface area contributed by atoms with Gasteiger partial charge >= 0.3 is 5.69 Å². The first kappa shape index (κ1) is 12.3. The van der Waals surface area contributed by atoms with Gasteiger partial charge in [-0.25, -0.2) is 0 Å². The first-order valence-electron chi connectivity index (χ1n) is 4.25. The van der Waals surface area contributed by atoms with Crippen LogP contribution in [0.1, 0.15) is 6.92 Å². The largest absolute Gasteiger partial charge is 0.490 e. The fourth-order valence-electron chi connectivity index (χ4n) is 1.13. The molecule has 7 heteroatoms. The average molecular weight is 245 g/mol. The Morgan fingerprint density at radius 1 is 1.56 bits per heavy atom. The Balaban J connectivity index is 3.25. The van der Waals surface area contributed by atoms with Crippen molar-refractivity contribution < 1.29 is 14.5 Å². The minimum Gasteiger partial charge on any atom is -0.490 e. The first-order valence-corrected chi connectivity index (χ1v) is 4.63. The van der Waals surface area contributed by atoms with Crippen LogP contribution in [-0.2, 0) is 4.79 Å². The number of methoxy groups -OCH3 is 1. The lowest BCUT2D eigenvalue weighted by molar-refractivity contribution is -0.385. The van der Waals surface area contributed by atoms with Gasteiger partial charge in [-0.15, -0.1) is 0 Å². The number of ether oxygens (including phenoxy) is 1. The van der Waals surface area contributed by atoms with Crippen LogP contribution in [-0.4, -0.2) is 17.9 Å². The van der Waals surface area contributed by atoms with E-state index in [1.807, 2.05) is 0 Å². The van der Waals surface area contributed by atoms with Gasteiger partial charge in [-0.05, 0) is 0 Å². The van der Waals surface area contributed by atoms with E-state index < -0.39 is 4.92 Å². The van der Waals surface area contributed by atoms with Crippen molar-refractivity contribution in [3.05, 3.63) is 27.3 Å². The first-order chi connectivity index (χ1) is 7.45. The number of nitrogens with one attached hydrogen (secondary N) is 1. The Hall–Kier alpha value is -1.82. The van der Waals surface area contributed by atoms with E-state index in [-0.39, 0.29) is 28.1 Å². The van der Waals surface area contributed by atoms with Crippen LogP contribution >= 0.6 is 11.6 Å². The summed E-state index contributed by atoms with van der Waals surface area (Å²) in [5.74, 6) is -0.282. The molecule has 0 aliphatic carbocycles. The number of carbonyl (C=O) groups excluding carboxylic acids is 1. The van der Waals surface area contributed by atoms with Crippen molar-refractivity contribution in [1.29, 1.82) is 0 Å². The summed E-state index contributed by atoms with van der Waals surface area (Å²) >= 11 is 5.77. The molecule has 1 rings (SSSR count). The lowest BCUT2D eigenvalue weighted by Gasteiger charge is -2.07. The number of benzene rings is 1. The highest BCUT2D eigenvalue weighted by atomic mass is 35.5. The summed E-state index contributed by atoms with van der Waals surface area (Å²) in [6.07, 6.45) is 0. The summed E-state index contributed by atoms with van der Waals surface area (Å²) in [6, 6.07) is 2.44. The zero-order chi connectivity index (χ0) is 12.3. The van der Waals surface area contributed by atoms with Crippen LogP contribution in [0.5, 0.6) is 5.75 Å². The Labute approximate surface area is 96.3 Å². The number of rotatable bonds is 3. The standard InChI is InChI=1S/C9H9ClN2O4/c1-5(13)11-7-4-9(16-2)8(12(14)15)3-6(7)10/h3-4H,1-2H3,(H,11,13). The van der Waals surface area contributed by atoms with E-state index in [9.17, 15) is 14.9 Å². The molecule has 0 fully saturated rings. The molecule has 0 heterocycles. The summed E-state index contributed by atoms with van der Waals surface area (Å²) in [4.78, 5) is 20.9. The second kappa shape index (κ2) is 4.80. The van der Waals surface area contributed by atoms with Crippen LogP contribution in [0.2, 0.25) is 5.02 Å². The Morgan fingerprint density at radius 2 is 2.19 bits per heavy atom. The quantitative estimate of drug-likeness (QED) is 0.653. The smallest absolute Gasteiger partial charge is 0.312 e. The maximum absolute atomic E-state index is 10.8. The molecule has 0 saturated carbocycles. The monoisotopic (exact) mass is 244 g/mol. The topological polar surface area (TPSA) is 81.5 Å². The van der Waals surface area contributed by atoms with E-state index in [1.54, 1.807) is 0 Å². The highest BCUT2D eigenvalue weighted by Gasteiger charge is 2.18. The van der Waals surface area contributed by atoms with Crippen molar-refractivity contribution in [2.75, 3.05) is 12.4 Å². The Kier molecular flexibility index (Phi) is 3.68. The van der Waals surface area contributed by atoms with Crippen LogP contribution in [0.25, 0.3) is 0 Å². The van der Waals surface area contributed by atoms with E-state index in [0.29, 0.717) is 0 Å². The van der Waals surface area contributed by atoms with Crippen molar-refractivity contribution in [3.63, 3.8) is 0 Å². The molecule has 0 aliphatic rings. The third kappa shape index (κ3) is 2.60. The van der Waals surface area contributed by atoms with Crippen LogP contribution in [0.15, 0.2) is 12.1 Å². The van der Waals surface area contributed by atoms with Crippen molar-refractivity contribution in [1.82, 2.24) is 0 Å². The molecule has 86 valence electrons. The highest BCUT2D eigenvalue weighted by Crippen LogP contribution is 2.35. The molecule has 0 bridgehead atoms. The normalized spacial score (nSPS) is 9.69. The summed E-state index contributed by atoms with van der Waals surface area (Å²) in [5, 5.41) is 13.2. The molecule has 0 aliphatic heterocycles. The molecule has 0 saturated heterocycles. The van der Waals surface area contributed by atoms with Gasteiger partial charge in [0, 0.05) is 19.1 Å². The second-order valence-corrected chi connectivity index (χ2v) is 3.35. The van der Waals surface area contributed by atoms with E-state index >= 15 is 0 Å². The van der Waals surface area contributed by atoms with Gasteiger partial charge in [-0.1, -0.05) is 11.6 Å². The number of hydrogen-bond donors (Lipinski definition) is 1. The maximum atomic E-state index is 10.8. The predicted octanol–water partition coefficient (Wildman–Crippen LogP) is 2.22. The zero-order valence-electron chi connectivity index (χ0n) is 8.61. The molecule has 0 spiro atoms. The number of nitro benzene ring substituents is 1. The molecule has 0 unspecified atom stereocenters. The van der Waals surface area contributed by atoms with E-state index in [0.717, 1.165) is 6.07 Å². The van der Waals surface area contributed by atoms with Gasteiger partial charge in [0.15, 0.2) is 5.75 Å². The Bertz CT molecular complexity index is 447. The molecule has 1 aromatic rings. The van der Waals surface area contributed by atoms with Gasteiger partial charge in [-0.3, -0.25) is 14.9 Å². The lowest BCUT2D eigenvalue weighted by Crippen LogP contribution is -2.07. The lowest BCUT2D eigenvalue weighted by atomic mass is 10.2. The van der Waals surface area contributed by atoms with Crippen molar-refractivity contribution in [3.8, 4) is 5.75 Å². The SMILES string of the molecule is COc1cc(NC(C)=O)c(Cl)cc1[N+](=O)[O-]. The minimum absolute atomic E-state index is 0.0400. The number of amides is 1. The maximum Gasteiger partial charge on any atom is 0.312 e. The zero-order valence-corrected chi connectivity index (χ0v) is 9.37. The average Bonchev–Trinajstić information content (AvgIpc) is 2.19. The number of nitro groups is 1. The summed E-state index contributed by atoms with van der Waals surface area (Å²) in [7, 11) is 1.30. The van der Waals surface area contributed by atoms with Gasteiger partial charge in [0.2, 0.25) is 5.91 Å². The van der Waals surface area contributed by atoms with E-state index in [2.05, 4.69) is 5.32 Å². The summed E-state index contributed by atoms with van der Waals surface area (Å²) in [6.45, 7) is 1.31. The molecule has 1 amide bonds. The molecule has 0 aromatic heterocycles. The van der Waals surface area contributed by atoms with Gasteiger partial charge in [-0.2, -0.15) is 0 Å². The molecule has 16 heavy (non-hydrogen) atoms.